The Balaban J connectivity index is 2.94. The van der Waals surface area contributed by atoms with Crippen LogP contribution in [0.1, 0.15) is 60.8 Å². The van der Waals surface area contributed by atoms with E-state index >= 15 is 0 Å². The van der Waals surface area contributed by atoms with Gasteiger partial charge in [0.25, 0.3) is 0 Å². The van der Waals surface area contributed by atoms with Crippen LogP contribution in [0.3, 0.4) is 0 Å². The Morgan fingerprint density at radius 2 is 1.67 bits per heavy atom. The van der Waals surface area contributed by atoms with Gasteiger partial charge < -0.3 is 5.11 Å². The average molecular weight is 254 g/mol. The fourth-order valence-corrected chi connectivity index (χ4v) is 2.68. The van der Waals surface area contributed by atoms with Gasteiger partial charge in [-0.3, -0.25) is 4.84 Å². The normalized spacial score (nSPS) is 25.4. The van der Waals surface area contributed by atoms with Crippen molar-refractivity contribution in [1.82, 2.24) is 5.06 Å². The summed E-state index contributed by atoms with van der Waals surface area (Å²) in [6.45, 7) is 11.7. The molecular weight excluding hydrogens is 228 g/mol. The van der Waals surface area contributed by atoms with Gasteiger partial charge in [0.1, 0.15) is 5.60 Å². The predicted octanol–water partition coefficient (Wildman–Crippen LogP) is 2.62. The van der Waals surface area contributed by atoms with Gasteiger partial charge in [0.15, 0.2) is 6.10 Å². The van der Waals surface area contributed by atoms with Crippen molar-refractivity contribution in [3.8, 4) is 6.07 Å². The van der Waals surface area contributed by atoms with Crippen LogP contribution in [-0.2, 0) is 4.84 Å². The number of nitrogens with zero attached hydrogens (tertiary/aromatic N) is 2. The van der Waals surface area contributed by atoms with Gasteiger partial charge in [0.05, 0.1) is 6.07 Å². The van der Waals surface area contributed by atoms with Crippen molar-refractivity contribution in [2.24, 2.45) is 0 Å². The van der Waals surface area contributed by atoms with Crippen molar-refractivity contribution >= 4 is 0 Å². The molecule has 1 saturated heterocycles. The molecule has 0 spiro atoms. The molecule has 0 aromatic heterocycles. The number of hydroxylamine groups is 2. The van der Waals surface area contributed by atoms with Gasteiger partial charge in [-0.15, -0.1) is 0 Å². The third-order valence-corrected chi connectivity index (χ3v) is 3.65. The van der Waals surface area contributed by atoms with E-state index in [0.717, 1.165) is 19.3 Å². The fraction of sp³-hybridized carbons (Fsp3) is 0.929. The predicted molar refractivity (Wildman–Crippen MR) is 70.6 cm³/mol. The molecule has 1 aliphatic rings. The molecule has 0 aromatic rings. The first-order chi connectivity index (χ1) is 8.00. The van der Waals surface area contributed by atoms with Gasteiger partial charge >= 0.3 is 0 Å². The van der Waals surface area contributed by atoms with Crippen LogP contribution in [0.2, 0.25) is 0 Å². The Morgan fingerprint density at radius 3 is 2.00 bits per heavy atom. The monoisotopic (exact) mass is 254 g/mol. The van der Waals surface area contributed by atoms with Crippen molar-refractivity contribution in [3.63, 3.8) is 0 Å². The quantitative estimate of drug-likeness (QED) is 0.841. The largest absolute Gasteiger partial charge is 0.387 e. The maximum Gasteiger partial charge on any atom is 0.193 e. The Kier molecular flexibility index (Phi) is 4.12. The van der Waals surface area contributed by atoms with E-state index in [2.05, 4.69) is 33.8 Å². The lowest BCUT2D eigenvalue weighted by molar-refractivity contribution is -0.314. The van der Waals surface area contributed by atoms with E-state index in [0.29, 0.717) is 0 Å². The summed E-state index contributed by atoms with van der Waals surface area (Å²) in [6.07, 6.45) is 2.36. The second-order valence-corrected chi connectivity index (χ2v) is 7.04. The molecule has 1 unspecified atom stereocenters. The van der Waals surface area contributed by atoms with Gasteiger partial charge in [-0.1, -0.05) is 0 Å². The lowest BCUT2D eigenvalue weighted by Gasteiger charge is -2.52. The molecule has 0 radical (unpaired) electrons. The molecule has 0 saturated carbocycles. The third kappa shape index (κ3) is 3.23. The van der Waals surface area contributed by atoms with E-state index in [1.807, 2.05) is 5.06 Å². The Bertz CT molecular complexity index is 321. The Hall–Kier alpha value is -0.630. The van der Waals surface area contributed by atoms with E-state index < -0.39 is 11.7 Å². The summed E-state index contributed by atoms with van der Waals surface area (Å²) in [7, 11) is 0. The van der Waals surface area contributed by atoms with Crippen LogP contribution < -0.4 is 0 Å². The highest BCUT2D eigenvalue weighted by Gasteiger charge is 2.45. The van der Waals surface area contributed by atoms with Crippen molar-refractivity contribution in [2.45, 2.75) is 83.6 Å². The van der Waals surface area contributed by atoms with Crippen molar-refractivity contribution in [3.05, 3.63) is 0 Å². The summed E-state index contributed by atoms with van der Waals surface area (Å²) in [5, 5.41) is 21.1. The molecule has 1 atom stereocenters. The minimum Gasteiger partial charge on any atom is -0.387 e. The number of piperidine rings is 1. The SMILES string of the molecule is CC(C)(O)C(C#N)ON1C(C)(C)CCCC1(C)C. The molecule has 4 heteroatoms. The zero-order chi connectivity index (χ0) is 14.2. The number of hydrogen-bond donors (Lipinski definition) is 1. The molecule has 18 heavy (non-hydrogen) atoms. The standard InChI is InChI=1S/C14H26N2O2/c1-12(2)8-7-9-13(3,4)16(12)18-11(10-15)14(5,6)17/h11,17H,7-9H2,1-6H3. The van der Waals surface area contributed by atoms with Crippen LogP contribution in [0.25, 0.3) is 0 Å². The van der Waals surface area contributed by atoms with Gasteiger partial charge in [-0.2, -0.15) is 10.3 Å². The lowest BCUT2D eigenvalue weighted by atomic mass is 9.82. The van der Waals surface area contributed by atoms with Crippen LogP contribution in [0.5, 0.6) is 0 Å². The second-order valence-electron chi connectivity index (χ2n) is 7.04. The molecular formula is C14H26N2O2. The maximum atomic E-state index is 9.97. The number of rotatable bonds is 3. The molecule has 1 N–H and O–H groups in total. The van der Waals surface area contributed by atoms with Crippen LogP contribution in [0.4, 0.5) is 0 Å². The first-order valence-corrected chi connectivity index (χ1v) is 6.60. The molecule has 0 amide bonds. The summed E-state index contributed by atoms with van der Waals surface area (Å²) >= 11 is 0. The van der Waals surface area contributed by atoms with Gasteiger partial charge in [0, 0.05) is 11.1 Å². The summed E-state index contributed by atoms with van der Waals surface area (Å²) in [5.41, 5.74) is -1.41. The number of hydrogen-bond acceptors (Lipinski definition) is 4. The molecule has 1 heterocycles. The first-order valence-electron chi connectivity index (χ1n) is 6.60. The average Bonchev–Trinajstić information content (AvgIpc) is 2.13. The summed E-state index contributed by atoms with van der Waals surface area (Å²) in [5.74, 6) is 0. The molecule has 104 valence electrons. The summed E-state index contributed by atoms with van der Waals surface area (Å²) < 4.78 is 0. The van der Waals surface area contributed by atoms with Gasteiger partial charge in [-0.05, 0) is 60.8 Å². The second kappa shape index (κ2) is 4.80. The summed E-state index contributed by atoms with van der Waals surface area (Å²) in [4.78, 5) is 5.86. The van der Waals surface area contributed by atoms with Crippen LogP contribution in [0, 0.1) is 11.3 Å². The van der Waals surface area contributed by atoms with E-state index in [-0.39, 0.29) is 11.1 Å². The molecule has 0 aromatic carbocycles. The Labute approximate surface area is 110 Å². The van der Waals surface area contributed by atoms with Crippen molar-refractivity contribution < 1.29 is 9.94 Å². The van der Waals surface area contributed by atoms with E-state index in [4.69, 9.17) is 4.84 Å². The summed E-state index contributed by atoms with van der Waals surface area (Å²) in [6, 6.07) is 2.05. The topological polar surface area (TPSA) is 56.5 Å². The van der Waals surface area contributed by atoms with E-state index in [1.54, 1.807) is 13.8 Å². The molecule has 0 aliphatic carbocycles. The molecule has 1 rings (SSSR count). The maximum absolute atomic E-state index is 9.97. The van der Waals surface area contributed by atoms with Crippen molar-refractivity contribution in [1.29, 1.82) is 5.26 Å². The highest BCUT2D eigenvalue weighted by atomic mass is 16.7. The highest BCUT2D eigenvalue weighted by molar-refractivity contribution is 4.99. The number of aliphatic hydroxyl groups is 1. The van der Waals surface area contributed by atoms with Crippen molar-refractivity contribution in [2.75, 3.05) is 0 Å². The minimum atomic E-state index is -1.17. The molecule has 4 nitrogen and oxygen atoms in total. The third-order valence-electron chi connectivity index (χ3n) is 3.65. The zero-order valence-corrected chi connectivity index (χ0v) is 12.4. The smallest absolute Gasteiger partial charge is 0.193 e. The van der Waals surface area contributed by atoms with Gasteiger partial charge in [0.2, 0.25) is 0 Å². The lowest BCUT2D eigenvalue weighted by Crippen LogP contribution is -2.60. The number of nitriles is 1. The first kappa shape index (κ1) is 15.4. The Morgan fingerprint density at radius 1 is 1.22 bits per heavy atom. The zero-order valence-electron chi connectivity index (χ0n) is 12.4. The van der Waals surface area contributed by atoms with Crippen LogP contribution in [0.15, 0.2) is 0 Å². The molecule has 0 bridgehead atoms. The van der Waals surface area contributed by atoms with Crippen LogP contribution >= 0.6 is 0 Å². The minimum absolute atomic E-state index is 0.123. The van der Waals surface area contributed by atoms with E-state index in [1.165, 1.54) is 0 Å². The van der Waals surface area contributed by atoms with Crippen LogP contribution in [-0.4, -0.2) is 33.0 Å². The highest BCUT2D eigenvalue weighted by Crippen LogP contribution is 2.39. The fourth-order valence-electron chi connectivity index (χ4n) is 2.68. The van der Waals surface area contributed by atoms with Gasteiger partial charge in [-0.25, -0.2) is 0 Å². The van der Waals surface area contributed by atoms with E-state index in [9.17, 15) is 10.4 Å². The molecule has 1 fully saturated rings. The molecule has 1 aliphatic heterocycles.